The highest BCUT2D eigenvalue weighted by Gasteiger charge is 3.07. The molecular formula is C12H16. The third-order valence-electron chi connectivity index (χ3n) is 6.91. The summed E-state index contributed by atoms with van der Waals surface area (Å²) < 4.78 is 0. The number of rotatable bonds is 0. The van der Waals surface area contributed by atoms with Gasteiger partial charge in [-0.2, -0.15) is 0 Å². The molecule has 0 heteroatoms. The average molecular weight is 160 g/mol. The highest BCUT2D eigenvalue weighted by atomic mass is 15.1. The summed E-state index contributed by atoms with van der Waals surface area (Å²) in [6.07, 6.45) is 3.29. The van der Waals surface area contributed by atoms with Gasteiger partial charge in [-0.3, -0.25) is 0 Å². The summed E-state index contributed by atoms with van der Waals surface area (Å²) in [7, 11) is 0. The lowest BCUT2D eigenvalue weighted by molar-refractivity contribution is -0.0480. The minimum absolute atomic E-state index is 1.01. The van der Waals surface area contributed by atoms with Crippen molar-refractivity contribution < 1.29 is 0 Å². The highest BCUT2D eigenvalue weighted by Crippen LogP contribution is 3.11. The van der Waals surface area contributed by atoms with Gasteiger partial charge in [0.05, 0.1) is 0 Å². The molecule has 0 heterocycles. The van der Waals surface area contributed by atoms with E-state index in [9.17, 15) is 0 Å². The molecule has 7 rings (SSSR count). The zero-order chi connectivity index (χ0) is 7.88. The molecule has 0 nitrogen and oxygen atoms in total. The third-order valence-corrected chi connectivity index (χ3v) is 6.91. The van der Waals surface area contributed by atoms with E-state index in [1.807, 2.05) is 0 Å². The largest absolute Gasteiger partial charge is 0.0622 e. The van der Waals surface area contributed by atoms with Gasteiger partial charge in [0.25, 0.3) is 0 Å². The summed E-state index contributed by atoms with van der Waals surface area (Å²) in [6.45, 7) is 5.07. The SMILES string of the molecule is CC1CC23C4C5CC42C3C1C5C. The fourth-order valence-electron chi connectivity index (χ4n) is 6.94. The molecule has 0 saturated heterocycles. The Labute approximate surface area is 73.7 Å². The van der Waals surface area contributed by atoms with E-state index in [4.69, 9.17) is 0 Å². The summed E-state index contributed by atoms with van der Waals surface area (Å²) >= 11 is 0. The van der Waals surface area contributed by atoms with Crippen LogP contribution in [-0.4, -0.2) is 0 Å². The van der Waals surface area contributed by atoms with E-state index in [1.165, 1.54) is 23.7 Å². The van der Waals surface area contributed by atoms with Crippen molar-refractivity contribution in [1.29, 1.82) is 0 Å². The van der Waals surface area contributed by atoms with Crippen LogP contribution in [0, 0.1) is 46.3 Å². The molecule has 0 amide bonds. The van der Waals surface area contributed by atoms with Crippen molar-refractivity contribution in [1.82, 2.24) is 0 Å². The first-order valence-electron chi connectivity index (χ1n) is 5.75. The van der Waals surface area contributed by atoms with Crippen molar-refractivity contribution in [3.05, 3.63) is 0 Å². The second-order valence-corrected chi connectivity index (χ2v) is 6.52. The molecule has 0 radical (unpaired) electrons. The standard InChI is InChI=1S/C12H16/c1-5-3-11-9-7-4-12(9,11)10(11)8(5)6(7)2/h5-10H,3-4H2,1-2H3. The minimum Gasteiger partial charge on any atom is -0.0622 e. The van der Waals surface area contributed by atoms with Crippen LogP contribution in [0.2, 0.25) is 0 Å². The van der Waals surface area contributed by atoms with E-state index in [1.54, 1.807) is 12.8 Å². The Bertz CT molecular complexity index is 320. The smallest absolute Gasteiger partial charge is 0.0159 e. The third kappa shape index (κ3) is 0.233. The average Bonchev–Trinajstić information content (AvgIpc) is 2.64. The van der Waals surface area contributed by atoms with E-state index < -0.39 is 0 Å². The number of hydrogen-bond acceptors (Lipinski definition) is 0. The summed E-state index contributed by atoms with van der Waals surface area (Å²) in [5.41, 5.74) is 2.04. The predicted octanol–water partition coefficient (Wildman–Crippen LogP) is 2.54. The summed E-state index contributed by atoms with van der Waals surface area (Å²) in [6, 6.07) is 0. The maximum Gasteiger partial charge on any atom is -0.0159 e. The van der Waals surface area contributed by atoms with Crippen LogP contribution in [-0.2, 0) is 0 Å². The molecule has 7 fully saturated rings. The van der Waals surface area contributed by atoms with Crippen molar-refractivity contribution in [2.75, 3.05) is 0 Å². The first-order valence-corrected chi connectivity index (χ1v) is 5.75. The summed E-state index contributed by atoms with van der Waals surface area (Å²) in [5.74, 6) is 7.10. The second kappa shape index (κ2) is 1.07. The van der Waals surface area contributed by atoms with E-state index in [0.717, 1.165) is 22.7 Å². The molecule has 0 aliphatic heterocycles. The molecule has 0 aromatic rings. The monoisotopic (exact) mass is 160 g/mol. The van der Waals surface area contributed by atoms with Crippen LogP contribution in [0.3, 0.4) is 0 Å². The fourth-order valence-corrected chi connectivity index (χ4v) is 6.94. The maximum atomic E-state index is 2.55. The number of hydrogen-bond donors (Lipinski definition) is 0. The zero-order valence-electron chi connectivity index (χ0n) is 7.88. The fraction of sp³-hybridized carbons (Fsp3) is 1.00. The molecule has 0 aromatic carbocycles. The first kappa shape index (κ1) is 5.67. The molecule has 8 atom stereocenters. The van der Waals surface area contributed by atoms with Gasteiger partial charge in [0.2, 0.25) is 0 Å². The van der Waals surface area contributed by atoms with Crippen molar-refractivity contribution in [3.63, 3.8) is 0 Å². The Balaban J connectivity index is 1.78. The van der Waals surface area contributed by atoms with E-state index in [2.05, 4.69) is 13.8 Å². The topological polar surface area (TPSA) is 0 Å². The van der Waals surface area contributed by atoms with Crippen molar-refractivity contribution in [3.8, 4) is 0 Å². The van der Waals surface area contributed by atoms with Crippen LogP contribution >= 0.6 is 0 Å². The molecule has 0 N–H and O–H groups in total. The molecule has 7 aliphatic rings. The van der Waals surface area contributed by atoms with Gasteiger partial charge in [0.1, 0.15) is 0 Å². The molecule has 7 aliphatic carbocycles. The van der Waals surface area contributed by atoms with Crippen LogP contribution in [0.4, 0.5) is 0 Å². The highest BCUT2D eigenvalue weighted by molar-refractivity contribution is 5.54. The predicted molar refractivity (Wildman–Crippen MR) is 46.4 cm³/mol. The van der Waals surface area contributed by atoms with E-state index in [0.29, 0.717) is 0 Å². The normalized spacial score (nSPS) is 90.5. The molecule has 7 saturated carbocycles. The summed E-state index contributed by atoms with van der Waals surface area (Å²) in [4.78, 5) is 0. The van der Waals surface area contributed by atoms with Crippen molar-refractivity contribution in [2.24, 2.45) is 46.3 Å². The van der Waals surface area contributed by atoms with Crippen molar-refractivity contribution >= 4 is 0 Å². The zero-order valence-corrected chi connectivity index (χ0v) is 7.88. The Morgan fingerprint density at radius 1 is 1.00 bits per heavy atom. The Hall–Kier alpha value is 0. The maximum absolute atomic E-state index is 2.55. The Morgan fingerprint density at radius 3 is 2.50 bits per heavy atom. The molecule has 64 valence electrons. The molecule has 12 heavy (non-hydrogen) atoms. The quantitative estimate of drug-likeness (QED) is 0.511. The van der Waals surface area contributed by atoms with Gasteiger partial charge in [-0.05, 0) is 59.2 Å². The lowest BCUT2D eigenvalue weighted by Gasteiger charge is -2.52. The van der Waals surface area contributed by atoms with Crippen LogP contribution < -0.4 is 0 Å². The van der Waals surface area contributed by atoms with Crippen molar-refractivity contribution in [2.45, 2.75) is 26.7 Å². The van der Waals surface area contributed by atoms with Gasteiger partial charge in [-0.1, -0.05) is 13.8 Å². The minimum atomic E-state index is 1.01. The molecule has 0 aromatic heterocycles. The molecule has 6 bridgehead atoms. The van der Waals surface area contributed by atoms with Crippen LogP contribution in [0.5, 0.6) is 0 Å². The van der Waals surface area contributed by atoms with Gasteiger partial charge >= 0.3 is 0 Å². The lowest BCUT2D eigenvalue weighted by Crippen LogP contribution is -2.47. The van der Waals surface area contributed by atoms with Crippen LogP contribution in [0.15, 0.2) is 0 Å². The Morgan fingerprint density at radius 2 is 1.75 bits per heavy atom. The molecule has 2 spiro atoms. The van der Waals surface area contributed by atoms with Gasteiger partial charge in [0, 0.05) is 0 Å². The lowest BCUT2D eigenvalue weighted by atomic mass is 9.52. The van der Waals surface area contributed by atoms with Crippen LogP contribution in [0.25, 0.3) is 0 Å². The van der Waals surface area contributed by atoms with Gasteiger partial charge in [0.15, 0.2) is 0 Å². The molecule has 8 unspecified atom stereocenters. The van der Waals surface area contributed by atoms with Gasteiger partial charge in [-0.15, -0.1) is 0 Å². The summed E-state index contributed by atoms with van der Waals surface area (Å²) in [5, 5.41) is 0. The van der Waals surface area contributed by atoms with E-state index in [-0.39, 0.29) is 0 Å². The second-order valence-electron chi connectivity index (χ2n) is 6.52. The van der Waals surface area contributed by atoms with Gasteiger partial charge < -0.3 is 0 Å². The van der Waals surface area contributed by atoms with E-state index >= 15 is 0 Å². The molecular weight excluding hydrogens is 144 g/mol. The van der Waals surface area contributed by atoms with Gasteiger partial charge in [-0.25, -0.2) is 0 Å². The Kier molecular flexibility index (Phi) is 0.508. The van der Waals surface area contributed by atoms with Crippen LogP contribution in [0.1, 0.15) is 26.7 Å². The first-order chi connectivity index (χ1) is 5.75.